The zero-order chi connectivity index (χ0) is 17.8. The highest BCUT2D eigenvalue weighted by molar-refractivity contribution is 6.31. The molecule has 0 bridgehead atoms. The Morgan fingerprint density at radius 2 is 2.12 bits per heavy atom. The number of aromatic carboxylic acids is 1. The number of carboxylic acid groups (broad SMARTS) is 1. The lowest BCUT2D eigenvalue weighted by Gasteiger charge is -2.35. The summed E-state index contributed by atoms with van der Waals surface area (Å²) in [5.41, 5.74) is 0.0604. The molecule has 0 aromatic heterocycles. The number of piperidine rings is 1. The fourth-order valence-corrected chi connectivity index (χ4v) is 3.88. The number of fused-ring (bicyclic) bond motifs is 1. The molecule has 0 saturated carbocycles. The number of hydrogen-bond donors (Lipinski definition) is 1. The van der Waals surface area contributed by atoms with E-state index < -0.39 is 5.97 Å². The number of carboxylic acids is 1. The second-order valence-corrected chi connectivity index (χ2v) is 7.45. The Labute approximate surface area is 153 Å². The van der Waals surface area contributed by atoms with Crippen LogP contribution >= 0.6 is 11.6 Å². The van der Waals surface area contributed by atoms with Gasteiger partial charge in [-0.2, -0.15) is 0 Å². The zero-order valence-corrected chi connectivity index (χ0v) is 15.4. The number of hydrogen-bond acceptors (Lipinski definition) is 4. The van der Waals surface area contributed by atoms with Gasteiger partial charge < -0.3 is 19.5 Å². The summed E-state index contributed by atoms with van der Waals surface area (Å²) >= 11 is 6.02. The summed E-state index contributed by atoms with van der Waals surface area (Å²) in [5.74, 6) is 0.315. The molecule has 1 unspecified atom stereocenters. The molecule has 3 rings (SSSR count). The maximum Gasteiger partial charge on any atom is 0.339 e. The first-order chi connectivity index (χ1) is 12.1. The number of nitrogens with zero attached hydrogens (tertiary/aromatic N) is 1. The monoisotopic (exact) mass is 367 g/mol. The molecule has 1 aromatic carbocycles. The highest BCUT2D eigenvalue weighted by Gasteiger charge is 2.29. The molecular formula is C19H26ClNO4. The van der Waals surface area contributed by atoms with Gasteiger partial charge in [0, 0.05) is 11.1 Å². The molecule has 2 heterocycles. The SMILES string of the molecule is CCCCN1CCC(CC2COc3c(cc(Cl)cc3C(=O)O)O2)CC1. The summed E-state index contributed by atoms with van der Waals surface area (Å²) in [6.07, 6.45) is 5.79. The molecule has 1 atom stereocenters. The van der Waals surface area contributed by atoms with E-state index in [0.717, 1.165) is 19.5 Å². The first kappa shape index (κ1) is 18.3. The third kappa shape index (κ3) is 4.59. The van der Waals surface area contributed by atoms with Crippen molar-refractivity contribution in [2.75, 3.05) is 26.2 Å². The molecule has 1 fully saturated rings. The molecule has 2 aliphatic rings. The predicted molar refractivity (Wildman–Crippen MR) is 97.0 cm³/mol. The number of ether oxygens (including phenoxy) is 2. The van der Waals surface area contributed by atoms with Gasteiger partial charge in [-0.1, -0.05) is 24.9 Å². The van der Waals surface area contributed by atoms with Crippen LogP contribution in [0, 0.1) is 5.92 Å². The molecule has 0 radical (unpaired) electrons. The molecule has 0 spiro atoms. The van der Waals surface area contributed by atoms with Gasteiger partial charge in [-0.25, -0.2) is 4.79 Å². The Kier molecular flexibility index (Phi) is 6.07. The van der Waals surface area contributed by atoms with Gasteiger partial charge in [0.1, 0.15) is 18.3 Å². The molecule has 1 aromatic rings. The molecule has 0 aliphatic carbocycles. The highest BCUT2D eigenvalue weighted by Crippen LogP contribution is 2.39. The zero-order valence-electron chi connectivity index (χ0n) is 14.7. The number of halogens is 1. The molecule has 0 amide bonds. The van der Waals surface area contributed by atoms with E-state index in [1.165, 1.54) is 38.3 Å². The van der Waals surface area contributed by atoms with Crippen molar-refractivity contribution in [2.24, 2.45) is 5.92 Å². The highest BCUT2D eigenvalue weighted by atomic mass is 35.5. The van der Waals surface area contributed by atoms with Gasteiger partial charge in [0.25, 0.3) is 0 Å². The van der Waals surface area contributed by atoms with Crippen molar-refractivity contribution >= 4 is 17.6 Å². The molecule has 25 heavy (non-hydrogen) atoms. The van der Waals surface area contributed by atoms with Gasteiger partial charge >= 0.3 is 5.97 Å². The van der Waals surface area contributed by atoms with Crippen molar-refractivity contribution < 1.29 is 19.4 Å². The van der Waals surface area contributed by atoms with Gasteiger partial charge in [0.15, 0.2) is 11.5 Å². The number of carbonyl (C=O) groups is 1. The average molecular weight is 368 g/mol. The summed E-state index contributed by atoms with van der Waals surface area (Å²) < 4.78 is 11.7. The van der Waals surface area contributed by atoms with Crippen LogP contribution in [0.3, 0.4) is 0 Å². The fourth-order valence-electron chi connectivity index (χ4n) is 3.67. The quantitative estimate of drug-likeness (QED) is 0.820. The van der Waals surface area contributed by atoms with E-state index in [0.29, 0.717) is 29.0 Å². The van der Waals surface area contributed by atoms with Crippen LogP contribution in [0.4, 0.5) is 0 Å². The van der Waals surface area contributed by atoms with Crippen molar-refractivity contribution in [3.8, 4) is 11.5 Å². The van der Waals surface area contributed by atoms with Crippen molar-refractivity contribution in [1.82, 2.24) is 4.90 Å². The Bertz CT molecular complexity index is 614. The third-order valence-corrected chi connectivity index (χ3v) is 5.31. The van der Waals surface area contributed by atoms with Crippen LogP contribution in [-0.4, -0.2) is 48.3 Å². The lowest BCUT2D eigenvalue weighted by Crippen LogP contribution is -2.38. The van der Waals surface area contributed by atoms with Gasteiger partial charge in [-0.05, 0) is 57.3 Å². The number of benzene rings is 1. The second-order valence-electron chi connectivity index (χ2n) is 7.01. The van der Waals surface area contributed by atoms with Crippen molar-refractivity contribution in [3.05, 3.63) is 22.7 Å². The van der Waals surface area contributed by atoms with Gasteiger partial charge in [0.05, 0.1) is 0 Å². The Balaban J connectivity index is 1.56. The first-order valence-corrected chi connectivity index (χ1v) is 9.53. The van der Waals surface area contributed by atoms with Gasteiger partial charge in [-0.3, -0.25) is 0 Å². The van der Waals surface area contributed by atoms with Crippen LogP contribution in [0.25, 0.3) is 0 Å². The standard InChI is InChI=1S/C19H26ClNO4/c1-2-3-6-21-7-4-13(5-8-21)9-15-12-24-18-16(19(22)23)10-14(20)11-17(18)25-15/h10-11,13,15H,2-9,12H2,1H3,(H,22,23). The molecular weight excluding hydrogens is 342 g/mol. The Morgan fingerprint density at radius 3 is 2.80 bits per heavy atom. The maximum absolute atomic E-state index is 11.3. The number of likely N-dealkylation sites (tertiary alicyclic amines) is 1. The summed E-state index contributed by atoms with van der Waals surface area (Å²) in [6, 6.07) is 3.04. The average Bonchev–Trinajstić information content (AvgIpc) is 2.60. The van der Waals surface area contributed by atoms with Crippen LogP contribution in [0.1, 0.15) is 49.4 Å². The first-order valence-electron chi connectivity index (χ1n) is 9.15. The Hall–Kier alpha value is -1.46. The molecule has 2 aliphatic heterocycles. The second kappa shape index (κ2) is 8.28. The largest absolute Gasteiger partial charge is 0.485 e. The van der Waals surface area contributed by atoms with E-state index >= 15 is 0 Å². The normalized spacial score (nSPS) is 21.3. The van der Waals surface area contributed by atoms with E-state index in [1.54, 1.807) is 6.07 Å². The van der Waals surface area contributed by atoms with Crippen LogP contribution < -0.4 is 9.47 Å². The van der Waals surface area contributed by atoms with Gasteiger partial charge in [0.2, 0.25) is 0 Å². The van der Waals surface area contributed by atoms with Crippen LogP contribution in [0.15, 0.2) is 12.1 Å². The van der Waals surface area contributed by atoms with Crippen LogP contribution in [-0.2, 0) is 0 Å². The van der Waals surface area contributed by atoms with Crippen molar-refractivity contribution in [2.45, 2.75) is 45.1 Å². The van der Waals surface area contributed by atoms with E-state index in [4.69, 9.17) is 21.1 Å². The van der Waals surface area contributed by atoms with Crippen LogP contribution in [0.5, 0.6) is 11.5 Å². The summed E-state index contributed by atoms with van der Waals surface area (Å²) in [7, 11) is 0. The van der Waals surface area contributed by atoms with E-state index in [2.05, 4.69) is 11.8 Å². The lowest BCUT2D eigenvalue weighted by molar-refractivity contribution is 0.0545. The molecule has 1 N–H and O–H groups in total. The van der Waals surface area contributed by atoms with Crippen molar-refractivity contribution in [3.63, 3.8) is 0 Å². The van der Waals surface area contributed by atoms with E-state index in [1.807, 2.05) is 0 Å². The van der Waals surface area contributed by atoms with E-state index in [-0.39, 0.29) is 11.7 Å². The Morgan fingerprint density at radius 1 is 1.36 bits per heavy atom. The topological polar surface area (TPSA) is 59.0 Å². The fraction of sp³-hybridized carbons (Fsp3) is 0.632. The maximum atomic E-state index is 11.3. The van der Waals surface area contributed by atoms with E-state index in [9.17, 15) is 9.90 Å². The van der Waals surface area contributed by atoms with Crippen molar-refractivity contribution in [1.29, 1.82) is 0 Å². The molecule has 5 nitrogen and oxygen atoms in total. The molecule has 138 valence electrons. The smallest absolute Gasteiger partial charge is 0.339 e. The third-order valence-electron chi connectivity index (χ3n) is 5.09. The minimum atomic E-state index is -1.06. The lowest BCUT2D eigenvalue weighted by atomic mass is 9.91. The van der Waals surface area contributed by atoms with Gasteiger partial charge in [-0.15, -0.1) is 0 Å². The number of unbranched alkanes of at least 4 members (excludes halogenated alkanes) is 1. The summed E-state index contributed by atoms with van der Waals surface area (Å²) in [6.45, 7) is 6.14. The summed E-state index contributed by atoms with van der Waals surface area (Å²) in [4.78, 5) is 13.9. The minimum Gasteiger partial charge on any atom is -0.485 e. The van der Waals surface area contributed by atoms with Crippen LogP contribution in [0.2, 0.25) is 5.02 Å². The minimum absolute atomic E-state index is 0.0418. The summed E-state index contributed by atoms with van der Waals surface area (Å²) in [5, 5.41) is 9.63. The number of rotatable bonds is 6. The molecule has 1 saturated heterocycles. The molecule has 6 heteroatoms. The predicted octanol–water partition coefficient (Wildman–Crippen LogP) is 4.08.